The van der Waals surface area contributed by atoms with Crippen LogP contribution in [0, 0.1) is 22.9 Å². The summed E-state index contributed by atoms with van der Waals surface area (Å²) < 4.78 is 13.2. The minimum Gasteiger partial charge on any atom is -0.375 e. The highest BCUT2D eigenvalue weighted by atomic mass is 19.1. The molecule has 0 aromatic heterocycles. The molecule has 0 heterocycles. The zero-order valence-corrected chi connectivity index (χ0v) is 15.1. The fourth-order valence-electron chi connectivity index (χ4n) is 2.73. The number of nitrogens with one attached hydrogen (secondary N) is 2. The summed E-state index contributed by atoms with van der Waals surface area (Å²) in [5.41, 5.74) is 2.25. The Morgan fingerprint density at radius 2 is 1.75 bits per heavy atom. The van der Waals surface area contributed by atoms with Gasteiger partial charge in [-0.05, 0) is 48.4 Å². The van der Waals surface area contributed by atoms with E-state index in [1.54, 1.807) is 6.92 Å². The fourth-order valence-corrected chi connectivity index (χ4v) is 2.73. The van der Waals surface area contributed by atoms with E-state index in [1.165, 1.54) is 36.4 Å². The number of halogens is 1. The lowest BCUT2D eigenvalue weighted by atomic mass is 10.1. The molecule has 0 aliphatic heterocycles. The molecule has 3 aromatic carbocycles. The molecule has 1 amide bonds. The number of nitrogens with zero attached hydrogens (tertiary/aromatic N) is 1. The van der Waals surface area contributed by atoms with Gasteiger partial charge in [0, 0.05) is 23.9 Å². The quantitative estimate of drug-likeness (QED) is 0.471. The molecule has 0 unspecified atom stereocenters. The van der Waals surface area contributed by atoms with Crippen molar-refractivity contribution in [1.29, 1.82) is 0 Å². The van der Waals surface area contributed by atoms with Crippen LogP contribution in [0.15, 0.2) is 66.7 Å². The summed E-state index contributed by atoms with van der Waals surface area (Å²) in [5, 5.41) is 17.1. The maximum absolute atomic E-state index is 13.2. The van der Waals surface area contributed by atoms with E-state index in [2.05, 4.69) is 10.6 Å². The third kappa shape index (κ3) is 4.50. The Kier molecular flexibility index (Phi) is 5.64. The molecule has 3 aromatic rings. The molecular formula is C21H18FN3O3. The van der Waals surface area contributed by atoms with Crippen molar-refractivity contribution in [3.05, 3.63) is 99.4 Å². The number of benzene rings is 3. The second-order valence-electron chi connectivity index (χ2n) is 6.24. The van der Waals surface area contributed by atoms with Gasteiger partial charge in [-0.15, -0.1) is 0 Å². The first-order valence-electron chi connectivity index (χ1n) is 8.58. The molecule has 142 valence electrons. The van der Waals surface area contributed by atoms with Crippen LogP contribution in [0.4, 0.5) is 21.5 Å². The van der Waals surface area contributed by atoms with Crippen molar-refractivity contribution in [2.24, 2.45) is 0 Å². The summed E-state index contributed by atoms with van der Waals surface area (Å²) in [4.78, 5) is 23.4. The van der Waals surface area contributed by atoms with Gasteiger partial charge in [-0.1, -0.05) is 30.3 Å². The maximum atomic E-state index is 13.2. The average Bonchev–Trinajstić information content (AvgIpc) is 2.69. The van der Waals surface area contributed by atoms with Crippen LogP contribution < -0.4 is 10.6 Å². The Morgan fingerprint density at radius 3 is 2.43 bits per heavy atom. The van der Waals surface area contributed by atoms with Gasteiger partial charge in [0.05, 0.1) is 4.92 Å². The number of carbonyl (C=O) groups is 1. The predicted molar refractivity (Wildman–Crippen MR) is 106 cm³/mol. The van der Waals surface area contributed by atoms with Gasteiger partial charge in [0.25, 0.3) is 11.6 Å². The van der Waals surface area contributed by atoms with Crippen molar-refractivity contribution < 1.29 is 14.1 Å². The van der Waals surface area contributed by atoms with E-state index in [9.17, 15) is 19.3 Å². The highest BCUT2D eigenvalue weighted by molar-refractivity contribution is 6.05. The van der Waals surface area contributed by atoms with E-state index < -0.39 is 16.6 Å². The van der Waals surface area contributed by atoms with Crippen molar-refractivity contribution in [1.82, 2.24) is 0 Å². The minimum atomic E-state index is -0.534. The first-order chi connectivity index (χ1) is 13.4. The largest absolute Gasteiger partial charge is 0.375 e. The molecule has 0 atom stereocenters. The number of aryl methyl sites for hydroxylation is 1. The monoisotopic (exact) mass is 379 g/mol. The normalized spacial score (nSPS) is 10.4. The highest BCUT2D eigenvalue weighted by Gasteiger charge is 2.18. The Hall–Kier alpha value is -3.74. The second-order valence-corrected chi connectivity index (χ2v) is 6.24. The molecule has 2 N–H and O–H groups in total. The first-order valence-corrected chi connectivity index (χ1v) is 8.58. The van der Waals surface area contributed by atoms with E-state index >= 15 is 0 Å². The summed E-state index contributed by atoms with van der Waals surface area (Å²) in [6.07, 6.45) is 0. The summed E-state index contributed by atoms with van der Waals surface area (Å²) in [6, 6.07) is 17.7. The molecule has 7 heteroatoms. The predicted octanol–water partition coefficient (Wildman–Crippen LogP) is 4.91. The second kappa shape index (κ2) is 8.30. The molecule has 0 saturated heterocycles. The van der Waals surface area contributed by atoms with Crippen LogP contribution in [-0.2, 0) is 6.54 Å². The first kappa shape index (κ1) is 19.0. The SMILES string of the molecule is Cc1cc(F)ccc1NC(=O)c1ccc(NCc2ccccc2)c([N+](=O)[O-])c1. The third-order valence-electron chi connectivity index (χ3n) is 4.22. The molecule has 0 aliphatic carbocycles. The molecule has 0 fully saturated rings. The number of amides is 1. The topological polar surface area (TPSA) is 84.3 Å². The van der Waals surface area contributed by atoms with Crippen molar-refractivity contribution in [2.75, 3.05) is 10.6 Å². The van der Waals surface area contributed by atoms with Crippen LogP contribution in [0.3, 0.4) is 0 Å². The lowest BCUT2D eigenvalue weighted by Crippen LogP contribution is -2.13. The van der Waals surface area contributed by atoms with Crippen LogP contribution in [0.2, 0.25) is 0 Å². The number of nitro benzene ring substituents is 1. The van der Waals surface area contributed by atoms with E-state index in [4.69, 9.17) is 0 Å². The summed E-state index contributed by atoms with van der Waals surface area (Å²) >= 11 is 0. The minimum absolute atomic E-state index is 0.140. The van der Waals surface area contributed by atoms with Crippen molar-refractivity contribution in [3.63, 3.8) is 0 Å². The van der Waals surface area contributed by atoms with Gasteiger partial charge >= 0.3 is 0 Å². The molecule has 6 nitrogen and oxygen atoms in total. The van der Waals surface area contributed by atoms with E-state index in [-0.39, 0.29) is 11.3 Å². The number of hydrogen-bond acceptors (Lipinski definition) is 4. The molecular weight excluding hydrogens is 361 g/mol. The lowest BCUT2D eigenvalue weighted by Gasteiger charge is -2.11. The smallest absolute Gasteiger partial charge is 0.293 e. The lowest BCUT2D eigenvalue weighted by molar-refractivity contribution is -0.384. The Bertz CT molecular complexity index is 1020. The zero-order valence-electron chi connectivity index (χ0n) is 15.1. The van der Waals surface area contributed by atoms with Crippen LogP contribution in [0.25, 0.3) is 0 Å². The zero-order chi connectivity index (χ0) is 20.1. The molecule has 0 spiro atoms. The van der Waals surface area contributed by atoms with Gasteiger partial charge in [0.2, 0.25) is 0 Å². The van der Waals surface area contributed by atoms with Crippen LogP contribution >= 0.6 is 0 Å². The Balaban J connectivity index is 1.79. The van der Waals surface area contributed by atoms with Gasteiger partial charge in [-0.25, -0.2) is 4.39 Å². The molecule has 0 saturated carbocycles. The van der Waals surface area contributed by atoms with E-state index in [1.807, 2.05) is 30.3 Å². The van der Waals surface area contributed by atoms with E-state index in [0.717, 1.165) is 5.56 Å². The number of anilines is 2. The third-order valence-corrected chi connectivity index (χ3v) is 4.22. The summed E-state index contributed by atoms with van der Waals surface area (Å²) in [5.74, 6) is -0.910. The van der Waals surface area contributed by atoms with E-state index in [0.29, 0.717) is 23.5 Å². The van der Waals surface area contributed by atoms with Gasteiger partial charge in [0.1, 0.15) is 11.5 Å². The standard InChI is InChI=1S/C21H18FN3O3/c1-14-11-17(22)8-10-18(14)24-21(26)16-7-9-19(20(12-16)25(27)28)23-13-15-5-3-2-4-6-15/h2-12,23H,13H2,1H3,(H,24,26). The Morgan fingerprint density at radius 1 is 1.04 bits per heavy atom. The van der Waals surface area contributed by atoms with Gasteiger partial charge in [-0.3, -0.25) is 14.9 Å². The van der Waals surface area contributed by atoms with Gasteiger partial charge in [0.15, 0.2) is 0 Å². The molecule has 3 rings (SSSR count). The molecule has 0 bridgehead atoms. The Labute approximate surface area is 161 Å². The number of rotatable bonds is 6. The number of nitro groups is 1. The van der Waals surface area contributed by atoms with Gasteiger partial charge < -0.3 is 10.6 Å². The average molecular weight is 379 g/mol. The molecule has 28 heavy (non-hydrogen) atoms. The molecule has 0 radical (unpaired) electrons. The summed E-state index contributed by atoms with van der Waals surface area (Å²) in [6.45, 7) is 2.08. The van der Waals surface area contributed by atoms with Crippen LogP contribution in [-0.4, -0.2) is 10.8 Å². The van der Waals surface area contributed by atoms with Crippen molar-refractivity contribution in [3.8, 4) is 0 Å². The number of hydrogen-bond donors (Lipinski definition) is 2. The summed E-state index contributed by atoms with van der Waals surface area (Å²) in [7, 11) is 0. The maximum Gasteiger partial charge on any atom is 0.293 e. The fraction of sp³-hybridized carbons (Fsp3) is 0.0952. The highest BCUT2D eigenvalue weighted by Crippen LogP contribution is 2.27. The van der Waals surface area contributed by atoms with Crippen LogP contribution in [0.1, 0.15) is 21.5 Å². The van der Waals surface area contributed by atoms with Crippen molar-refractivity contribution >= 4 is 23.0 Å². The molecule has 0 aliphatic rings. The van der Waals surface area contributed by atoms with Crippen molar-refractivity contribution in [2.45, 2.75) is 13.5 Å². The van der Waals surface area contributed by atoms with Gasteiger partial charge in [-0.2, -0.15) is 0 Å². The number of carbonyl (C=O) groups excluding carboxylic acids is 1. The van der Waals surface area contributed by atoms with Crippen LogP contribution in [0.5, 0.6) is 0 Å².